The van der Waals surface area contributed by atoms with E-state index >= 15 is 0 Å². The van der Waals surface area contributed by atoms with E-state index in [2.05, 4.69) is 4.37 Å². The van der Waals surface area contributed by atoms with Crippen LogP contribution in [0.3, 0.4) is 0 Å². The van der Waals surface area contributed by atoms with E-state index in [0.717, 1.165) is 20.5 Å². The highest BCUT2D eigenvalue weighted by Gasteiger charge is 2.21. The van der Waals surface area contributed by atoms with Crippen LogP contribution < -0.4 is 4.74 Å². The van der Waals surface area contributed by atoms with Gasteiger partial charge in [-0.2, -0.15) is 4.37 Å². The first kappa shape index (κ1) is 16.2. The number of thioether (sulfide) groups is 2. The molecule has 4 nitrogen and oxygen atoms in total. The Bertz CT molecular complexity index is 589. The maximum absolute atomic E-state index is 12.3. The number of rotatable bonds is 6. The number of nitrogens with zero attached hydrogens (tertiary/aromatic N) is 1. The van der Waals surface area contributed by atoms with Crippen molar-refractivity contribution in [3.8, 4) is 5.75 Å². The molecule has 7 heteroatoms. The molecule has 21 heavy (non-hydrogen) atoms. The van der Waals surface area contributed by atoms with Gasteiger partial charge in [-0.05, 0) is 41.7 Å². The SMILES string of the molecule is COc1ccc(COC(=O)c2c(SC)nsc2SC)cc1. The van der Waals surface area contributed by atoms with Crippen molar-refractivity contribution in [3.05, 3.63) is 35.4 Å². The molecule has 0 amide bonds. The van der Waals surface area contributed by atoms with Crippen molar-refractivity contribution in [1.29, 1.82) is 0 Å². The van der Waals surface area contributed by atoms with Crippen LogP contribution in [0, 0.1) is 0 Å². The number of aromatic nitrogens is 1. The summed E-state index contributed by atoms with van der Waals surface area (Å²) in [6.45, 7) is 0.236. The molecule has 0 aliphatic heterocycles. The van der Waals surface area contributed by atoms with Crippen molar-refractivity contribution in [2.24, 2.45) is 0 Å². The summed E-state index contributed by atoms with van der Waals surface area (Å²) in [5.41, 5.74) is 1.50. The second-order valence-corrected chi connectivity index (χ2v) is 6.63. The zero-order chi connectivity index (χ0) is 15.2. The van der Waals surface area contributed by atoms with Crippen molar-refractivity contribution >= 4 is 41.0 Å². The maximum Gasteiger partial charge on any atom is 0.343 e. The molecule has 0 fully saturated rings. The fraction of sp³-hybridized carbons (Fsp3) is 0.286. The summed E-state index contributed by atoms with van der Waals surface area (Å²) >= 11 is 4.30. The number of carbonyl (C=O) groups is 1. The van der Waals surface area contributed by atoms with Gasteiger partial charge in [-0.15, -0.1) is 23.5 Å². The molecule has 0 aliphatic carbocycles. The zero-order valence-corrected chi connectivity index (χ0v) is 14.4. The summed E-state index contributed by atoms with van der Waals surface area (Å²) in [5, 5.41) is 0.726. The monoisotopic (exact) mass is 341 g/mol. The van der Waals surface area contributed by atoms with Gasteiger partial charge in [-0.1, -0.05) is 12.1 Å². The number of benzene rings is 1. The standard InChI is InChI=1S/C14H15NO3S3/c1-17-10-6-4-9(5-7-10)8-18-13(16)11-12(19-2)15-21-14(11)20-3/h4-7H,8H2,1-3H3. The highest BCUT2D eigenvalue weighted by atomic mass is 32.2. The summed E-state index contributed by atoms with van der Waals surface area (Å²) in [4.78, 5) is 12.3. The second kappa shape index (κ2) is 7.72. The molecule has 0 radical (unpaired) electrons. The van der Waals surface area contributed by atoms with Gasteiger partial charge in [-0.25, -0.2) is 4.79 Å². The van der Waals surface area contributed by atoms with E-state index in [1.165, 1.54) is 35.1 Å². The predicted molar refractivity (Wildman–Crippen MR) is 87.8 cm³/mol. The van der Waals surface area contributed by atoms with Gasteiger partial charge >= 0.3 is 5.97 Å². The van der Waals surface area contributed by atoms with Crippen LogP contribution in [0.1, 0.15) is 15.9 Å². The minimum atomic E-state index is -0.326. The van der Waals surface area contributed by atoms with E-state index < -0.39 is 0 Å². The molecule has 0 saturated heterocycles. The Labute approximate surface area is 136 Å². The molecular formula is C14H15NO3S3. The van der Waals surface area contributed by atoms with Crippen LogP contribution in [-0.2, 0) is 11.3 Å². The lowest BCUT2D eigenvalue weighted by molar-refractivity contribution is 0.0465. The van der Waals surface area contributed by atoms with Crippen molar-refractivity contribution in [2.75, 3.05) is 19.6 Å². The van der Waals surface area contributed by atoms with Gasteiger partial charge in [0.15, 0.2) is 0 Å². The zero-order valence-electron chi connectivity index (χ0n) is 11.9. The first-order chi connectivity index (χ1) is 10.2. The second-order valence-electron chi connectivity index (χ2n) is 3.98. The Balaban J connectivity index is 2.05. The normalized spacial score (nSPS) is 10.4. The molecular weight excluding hydrogens is 326 g/mol. The largest absolute Gasteiger partial charge is 0.497 e. The van der Waals surface area contributed by atoms with Gasteiger partial charge < -0.3 is 9.47 Å². The number of carbonyl (C=O) groups excluding carboxylic acids is 1. The molecule has 0 N–H and O–H groups in total. The van der Waals surface area contributed by atoms with Crippen LogP contribution in [0.15, 0.2) is 33.5 Å². The minimum absolute atomic E-state index is 0.236. The maximum atomic E-state index is 12.3. The molecule has 0 aliphatic rings. The summed E-state index contributed by atoms with van der Waals surface area (Å²) < 4.78 is 15.6. The number of hydrogen-bond donors (Lipinski definition) is 0. The van der Waals surface area contributed by atoms with E-state index in [0.29, 0.717) is 5.56 Å². The number of ether oxygens (including phenoxy) is 2. The topological polar surface area (TPSA) is 48.4 Å². The molecule has 2 aromatic rings. The molecule has 0 spiro atoms. The lowest BCUT2D eigenvalue weighted by Gasteiger charge is -2.06. The van der Waals surface area contributed by atoms with Gasteiger partial charge in [0.05, 0.1) is 11.3 Å². The summed E-state index contributed by atoms with van der Waals surface area (Å²) in [6, 6.07) is 7.44. The number of esters is 1. The van der Waals surface area contributed by atoms with E-state index in [1.807, 2.05) is 36.8 Å². The van der Waals surface area contributed by atoms with E-state index in [9.17, 15) is 4.79 Å². The third kappa shape index (κ3) is 3.93. The first-order valence-corrected chi connectivity index (χ1v) is 9.29. The molecule has 112 valence electrons. The van der Waals surface area contributed by atoms with Crippen LogP contribution in [0.25, 0.3) is 0 Å². The lowest BCUT2D eigenvalue weighted by Crippen LogP contribution is -2.06. The van der Waals surface area contributed by atoms with Crippen LogP contribution in [0.2, 0.25) is 0 Å². The third-order valence-electron chi connectivity index (χ3n) is 2.74. The molecule has 0 bridgehead atoms. The average molecular weight is 341 g/mol. The van der Waals surface area contributed by atoms with Crippen LogP contribution in [0.4, 0.5) is 0 Å². The quantitative estimate of drug-likeness (QED) is 0.586. The van der Waals surface area contributed by atoms with Gasteiger partial charge in [0.1, 0.15) is 22.9 Å². The Morgan fingerprint density at radius 2 is 1.95 bits per heavy atom. The third-order valence-corrected chi connectivity index (χ3v) is 5.48. The van der Waals surface area contributed by atoms with Crippen LogP contribution >= 0.6 is 35.1 Å². The predicted octanol–water partition coefficient (Wildman–Crippen LogP) is 3.95. The van der Waals surface area contributed by atoms with Gasteiger partial charge in [0.25, 0.3) is 0 Å². The van der Waals surface area contributed by atoms with E-state index in [-0.39, 0.29) is 12.6 Å². The van der Waals surface area contributed by atoms with E-state index in [1.54, 1.807) is 7.11 Å². The van der Waals surface area contributed by atoms with Crippen molar-refractivity contribution < 1.29 is 14.3 Å². The van der Waals surface area contributed by atoms with Crippen LogP contribution in [-0.4, -0.2) is 30.0 Å². The first-order valence-electron chi connectivity index (χ1n) is 6.07. The Kier molecular flexibility index (Phi) is 5.96. The van der Waals surface area contributed by atoms with Gasteiger partial charge in [0, 0.05) is 0 Å². The molecule has 1 heterocycles. The lowest BCUT2D eigenvalue weighted by atomic mass is 10.2. The van der Waals surface area contributed by atoms with Gasteiger partial charge in [0.2, 0.25) is 0 Å². The molecule has 0 atom stereocenters. The van der Waals surface area contributed by atoms with Crippen molar-refractivity contribution in [2.45, 2.75) is 15.8 Å². The van der Waals surface area contributed by atoms with Gasteiger partial charge in [-0.3, -0.25) is 0 Å². The summed E-state index contributed by atoms with van der Waals surface area (Å²) in [7, 11) is 1.62. The van der Waals surface area contributed by atoms with Crippen LogP contribution in [0.5, 0.6) is 5.75 Å². The molecule has 0 unspecified atom stereocenters. The number of methoxy groups -OCH3 is 1. The summed E-state index contributed by atoms with van der Waals surface area (Å²) in [5.74, 6) is 0.453. The van der Waals surface area contributed by atoms with Crippen molar-refractivity contribution in [1.82, 2.24) is 4.37 Å². The molecule has 0 saturated carbocycles. The Morgan fingerprint density at radius 1 is 1.24 bits per heavy atom. The highest BCUT2D eigenvalue weighted by Crippen LogP contribution is 2.33. The fourth-order valence-electron chi connectivity index (χ4n) is 1.65. The minimum Gasteiger partial charge on any atom is -0.497 e. The van der Waals surface area contributed by atoms with E-state index in [4.69, 9.17) is 9.47 Å². The number of hydrogen-bond acceptors (Lipinski definition) is 7. The Hall–Kier alpha value is -1.18. The Morgan fingerprint density at radius 3 is 2.52 bits per heavy atom. The molecule has 1 aromatic heterocycles. The highest BCUT2D eigenvalue weighted by molar-refractivity contribution is 8.01. The molecule has 1 aromatic carbocycles. The summed E-state index contributed by atoms with van der Waals surface area (Å²) in [6.07, 6.45) is 3.83. The fourth-order valence-corrected chi connectivity index (χ4v) is 3.90. The average Bonchev–Trinajstić information content (AvgIpc) is 2.96. The molecule has 2 rings (SSSR count). The smallest absolute Gasteiger partial charge is 0.343 e. The van der Waals surface area contributed by atoms with Crippen molar-refractivity contribution in [3.63, 3.8) is 0 Å².